The minimum atomic E-state index is -0.417. The summed E-state index contributed by atoms with van der Waals surface area (Å²) in [5.74, 6) is 1.59. The molecule has 0 unspecified atom stereocenters. The summed E-state index contributed by atoms with van der Waals surface area (Å²) in [7, 11) is 1.65. The first kappa shape index (κ1) is 15.9. The number of pyridine rings is 1. The zero-order valence-electron chi connectivity index (χ0n) is 14.1. The number of aromatic nitrogens is 2. The number of carbonyl (C=O) groups excluding carboxylic acids is 2. The van der Waals surface area contributed by atoms with E-state index in [9.17, 15) is 9.59 Å². The van der Waals surface area contributed by atoms with E-state index in [-0.39, 0.29) is 12.3 Å². The molecule has 0 atom stereocenters. The number of hydrogen-bond donors (Lipinski definition) is 2. The lowest BCUT2D eigenvalue weighted by Crippen LogP contribution is -2.50. The maximum Gasteiger partial charge on any atom is 0.329 e. The van der Waals surface area contributed by atoms with Gasteiger partial charge in [-0.2, -0.15) is 0 Å². The van der Waals surface area contributed by atoms with Crippen molar-refractivity contribution in [1.82, 2.24) is 20.0 Å². The molecule has 2 N–H and O–H groups in total. The molecule has 8 nitrogen and oxygen atoms in total. The molecule has 4 heterocycles. The van der Waals surface area contributed by atoms with Crippen LogP contribution in [0, 0.1) is 0 Å². The molecule has 132 valence electrons. The monoisotopic (exact) mass is 343 g/mol. The molecule has 2 fully saturated rings. The van der Waals surface area contributed by atoms with Crippen LogP contribution < -0.4 is 20.3 Å². The van der Waals surface area contributed by atoms with Crippen LogP contribution >= 0.6 is 0 Å². The van der Waals surface area contributed by atoms with Crippen molar-refractivity contribution in [2.75, 3.05) is 31.6 Å². The number of urea groups is 1. The van der Waals surface area contributed by atoms with Gasteiger partial charge in [0.25, 0.3) is 0 Å². The fourth-order valence-electron chi connectivity index (χ4n) is 3.67. The van der Waals surface area contributed by atoms with Crippen LogP contribution in [0.25, 0.3) is 5.65 Å². The highest BCUT2D eigenvalue weighted by molar-refractivity contribution is 6.05. The quantitative estimate of drug-likeness (QED) is 0.876. The lowest BCUT2D eigenvalue weighted by molar-refractivity contribution is -0.120. The number of rotatable bonds is 3. The highest BCUT2D eigenvalue weighted by Gasteiger charge is 2.28. The molecule has 2 aliphatic heterocycles. The summed E-state index contributed by atoms with van der Waals surface area (Å²) in [6.45, 7) is 2.35. The van der Waals surface area contributed by atoms with E-state index >= 15 is 0 Å². The number of nitrogens with one attached hydrogen (secondary N) is 2. The van der Waals surface area contributed by atoms with E-state index in [0.717, 1.165) is 37.2 Å². The van der Waals surface area contributed by atoms with Crippen LogP contribution in [0.1, 0.15) is 30.7 Å². The summed E-state index contributed by atoms with van der Waals surface area (Å²) in [5, 5.41) is 5.72. The zero-order chi connectivity index (χ0) is 17.4. The molecule has 0 saturated carbocycles. The van der Waals surface area contributed by atoms with Gasteiger partial charge in [-0.05, 0) is 37.9 Å². The Morgan fingerprint density at radius 3 is 2.80 bits per heavy atom. The average Bonchev–Trinajstić information content (AvgIpc) is 3.05. The van der Waals surface area contributed by atoms with Crippen molar-refractivity contribution in [3.8, 4) is 5.75 Å². The second-order valence-electron chi connectivity index (χ2n) is 6.39. The van der Waals surface area contributed by atoms with Gasteiger partial charge in [0.05, 0.1) is 13.3 Å². The third-order valence-electron chi connectivity index (χ3n) is 4.96. The Hall–Kier alpha value is -2.61. The number of hydrogen-bond acceptors (Lipinski definition) is 5. The van der Waals surface area contributed by atoms with Crippen LogP contribution in [0.15, 0.2) is 18.5 Å². The van der Waals surface area contributed by atoms with Gasteiger partial charge in [-0.25, -0.2) is 9.78 Å². The van der Waals surface area contributed by atoms with Crippen molar-refractivity contribution in [2.24, 2.45) is 0 Å². The van der Waals surface area contributed by atoms with E-state index < -0.39 is 6.03 Å². The molecule has 3 amide bonds. The van der Waals surface area contributed by atoms with Crippen molar-refractivity contribution in [1.29, 1.82) is 0 Å². The zero-order valence-corrected chi connectivity index (χ0v) is 14.1. The Kier molecular flexibility index (Phi) is 4.04. The summed E-state index contributed by atoms with van der Waals surface area (Å²) < 4.78 is 7.53. The summed E-state index contributed by atoms with van der Waals surface area (Å²) in [6.07, 6.45) is 6.00. The summed E-state index contributed by atoms with van der Waals surface area (Å²) in [6, 6.07) is 1.64. The highest BCUT2D eigenvalue weighted by Crippen LogP contribution is 2.36. The predicted molar refractivity (Wildman–Crippen MR) is 92.1 cm³/mol. The lowest BCUT2D eigenvalue weighted by atomic mass is 9.90. The molecule has 4 rings (SSSR count). The number of imide groups is 1. The van der Waals surface area contributed by atoms with Gasteiger partial charge in [0, 0.05) is 24.7 Å². The van der Waals surface area contributed by atoms with Gasteiger partial charge < -0.3 is 10.1 Å². The largest absolute Gasteiger partial charge is 0.493 e. The molecule has 2 aliphatic rings. The van der Waals surface area contributed by atoms with Crippen molar-refractivity contribution < 1.29 is 14.3 Å². The standard InChI is InChI=1S/C17H21N5O3/c1-25-15-12(11-2-6-18-7-3-11)4-8-21-14(10-19-16(15)21)22-9-5-13(23)20-17(22)24/h4,8,10-11,18H,2-3,5-7,9H2,1H3,(H,20,23,24). The van der Waals surface area contributed by atoms with Gasteiger partial charge in [-0.15, -0.1) is 0 Å². The third kappa shape index (κ3) is 2.72. The molecular formula is C17H21N5O3. The van der Waals surface area contributed by atoms with Gasteiger partial charge in [-0.1, -0.05) is 0 Å². The number of amides is 3. The number of fused-ring (bicyclic) bond motifs is 1. The van der Waals surface area contributed by atoms with Crippen molar-refractivity contribution in [3.05, 3.63) is 24.0 Å². The van der Waals surface area contributed by atoms with E-state index in [1.165, 1.54) is 4.90 Å². The van der Waals surface area contributed by atoms with Gasteiger partial charge in [0.15, 0.2) is 11.4 Å². The average molecular weight is 343 g/mol. The maximum absolute atomic E-state index is 12.1. The second kappa shape index (κ2) is 6.36. The first-order valence-electron chi connectivity index (χ1n) is 8.55. The number of methoxy groups -OCH3 is 1. The van der Waals surface area contributed by atoms with E-state index in [1.807, 2.05) is 10.6 Å². The van der Waals surface area contributed by atoms with Gasteiger partial charge >= 0.3 is 6.03 Å². The molecule has 0 aromatic carbocycles. The number of nitrogens with zero attached hydrogens (tertiary/aromatic N) is 3. The maximum atomic E-state index is 12.1. The molecule has 2 aromatic heterocycles. The Morgan fingerprint density at radius 2 is 2.08 bits per heavy atom. The van der Waals surface area contributed by atoms with E-state index in [1.54, 1.807) is 13.3 Å². The third-order valence-corrected chi connectivity index (χ3v) is 4.96. The van der Waals surface area contributed by atoms with Crippen LogP contribution in [-0.4, -0.2) is 48.1 Å². The predicted octanol–water partition coefficient (Wildman–Crippen LogP) is 1.26. The fraction of sp³-hybridized carbons (Fsp3) is 0.471. The van der Waals surface area contributed by atoms with Crippen molar-refractivity contribution in [2.45, 2.75) is 25.2 Å². The van der Waals surface area contributed by atoms with Crippen LogP contribution in [0.4, 0.5) is 10.6 Å². The first-order valence-corrected chi connectivity index (χ1v) is 8.55. The van der Waals surface area contributed by atoms with Crippen LogP contribution in [0.5, 0.6) is 5.75 Å². The number of carbonyl (C=O) groups is 2. The van der Waals surface area contributed by atoms with Gasteiger partial charge in [0.2, 0.25) is 5.91 Å². The fourth-order valence-corrected chi connectivity index (χ4v) is 3.67. The minimum absolute atomic E-state index is 0.249. The second-order valence-corrected chi connectivity index (χ2v) is 6.39. The molecule has 0 aliphatic carbocycles. The molecule has 8 heteroatoms. The topological polar surface area (TPSA) is 88.0 Å². The molecule has 0 spiro atoms. The molecule has 0 radical (unpaired) electrons. The van der Waals surface area contributed by atoms with Crippen LogP contribution in [-0.2, 0) is 4.79 Å². The first-order chi connectivity index (χ1) is 12.2. The Bertz CT molecular complexity index is 825. The smallest absolute Gasteiger partial charge is 0.329 e. The van der Waals surface area contributed by atoms with E-state index in [4.69, 9.17) is 4.74 Å². The molecule has 2 saturated heterocycles. The SMILES string of the molecule is COc1c(C2CCNCC2)ccn2c(N3CCC(=O)NC3=O)cnc12. The Labute approximate surface area is 145 Å². The normalized spacial score (nSPS) is 19.3. The Morgan fingerprint density at radius 1 is 1.28 bits per heavy atom. The molecule has 0 bridgehead atoms. The molecule has 2 aromatic rings. The molecule has 25 heavy (non-hydrogen) atoms. The van der Waals surface area contributed by atoms with Crippen LogP contribution in [0.2, 0.25) is 0 Å². The van der Waals surface area contributed by atoms with Crippen molar-refractivity contribution >= 4 is 23.4 Å². The van der Waals surface area contributed by atoms with E-state index in [2.05, 4.69) is 21.7 Å². The summed E-state index contributed by atoms with van der Waals surface area (Å²) >= 11 is 0. The van der Waals surface area contributed by atoms with Crippen LogP contribution in [0.3, 0.4) is 0 Å². The molecular weight excluding hydrogens is 322 g/mol. The Balaban J connectivity index is 1.74. The lowest BCUT2D eigenvalue weighted by Gasteiger charge is -2.27. The number of piperidine rings is 1. The van der Waals surface area contributed by atoms with E-state index in [0.29, 0.717) is 23.9 Å². The van der Waals surface area contributed by atoms with Gasteiger partial charge in [0.1, 0.15) is 5.82 Å². The minimum Gasteiger partial charge on any atom is -0.493 e. The van der Waals surface area contributed by atoms with Crippen molar-refractivity contribution in [3.63, 3.8) is 0 Å². The highest BCUT2D eigenvalue weighted by atomic mass is 16.5. The number of imidazole rings is 1. The number of ether oxygens (including phenoxy) is 1. The summed E-state index contributed by atoms with van der Waals surface area (Å²) in [4.78, 5) is 29.5. The summed E-state index contributed by atoms with van der Waals surface area (Å²) in [5.41, 5.74) is 1.85. The number of anilines is 1. The van der Waals surface area contributed by atoms with Gasteiger partial charge in [-0.3, -0.25) is 19.4 Å².